The highest BCUT2D eigenvalue weighted by atomic mass is 32.2. The third-order valence-corrected chi connectivity index (χ3v) is 5.16. The number of carbonyl (C=O) groups excluding carboxylic acids is 2. The van der Waals surface area contributed by atoms with Crippen LogP contribution in [0.4, 0.5) is 0 Å². The van der Waals surface area contributed by atoms with Crippen molar-refractivity contribution >= 4 is 29.9 Å². The molecule has 0 spiro atoms. The van der Waals surface area contributed by atoms with Crippen molar-refractivity contribution < 1.29 is 14.3 Å². The quantitative estimate of drug-likeness (QED) is 0.272. The number of thioether (sulfide) groups is 1. The smallest absolute Gasteiger partial charge is 0.337 e. The first-order valence-electron chi connectivity index (χ1n) is 8.94. The topological polar surface area (TPSA) is 67.8 Å². The minimum Gasteiger partial charge on any atom is -0.465 e. The highest BCUT2D eigenvalue weighted by Crippen LogP contribution is 2.22. The van der Waals surface area contributed by atoms with E-state index in [9.17, 15) is 9.59 Å². The van der Waals surface area contributed by atoms with Gasteiger partial charge in [0.15, 0.2) is 0 Å². The lowest BCUT2D eigenvalue weighted by Crippen LogP contribution is -2.17. The molecule has 3 aromatic rings. The molecule has 1 amide bonds. The van der Waals surface area contributed by atoms with Crippen LogP contribution in [0.2, 0.25) is 0 Å². The summed E-state index contributed by atoms with van der Waals surface area (Å²) in [5.74, 6) is 0.160. The molecule has 5 nitrogen and oxygen atoms in total. The molecule has 3 aromatic carbocycles. The number of hydrazone groups is 1. The van der Waals surface area contributed by atoms with Crippen molar-refractivity contribution in [1.29, 1.82) is 0 Å². The standard InChI is InChI=1S/C23H20N2O3S/c1-28-23(27)20-13-7-17(8-14-20)15-24-25-22(26)19-11-9-18(10-12-19)16-29-21-5-3-2-4-6-21/h2-15H,16H2,1H3,(H,25,26)/b24-15-. The van der Waals surface area contributed by atoms with Gasteiger partial charge in [0.25, 0.3) is 5.91 Å². The van der Waals surface area contributed by atoms with E-state index in [2.05, 4.69) is 27.4 Å². The van der Waals surface area contributed by atoms with Crippen LogP contribution in [-0.2, 0) is 10.5 Å². The predicted octanol–water partition coefficient (Wildman–Crippen LogP) is 4.53. The Kier molecular flexibility index (Phi) is 7.19. The summed E-state index contributed by atoms with van der Waals surface area (Å²) >= 11 is 1.75. The van der Waals surface area contributed by atoms with Crippen molar-refractivity contribution in [3.63, 3.8) is 0 Å². The largest absolute Gasteiger partial charge is 0.465 e. The lowest BCUT2D eigenvalue weighted by atomic mass is 10.1. The second-order valence-corrected chi connectivity index (χ2v) is 7.16. The van der Waals surface area contributed by atoms with E-state index in [-0.39, 0.29) is 5.91 Å². The zero-order valence-corrected chi connectivity index (χ0v) is 16.7. The number of esters is 1. The molecule has 0 saturated heterocycles. The van der Waals surface area contributed by atoms with Crippen LogP contribution < -0.4 is 5.43 Å². The van der Waals surface area contributed by atoms with Crippen LogP contribution in [0.25, 0.3) is 0 Å². The molecule has 0 aliphatic carbocycles. The first-order valence-corrected chi connectivity index (χ1v) is 9.93. The van der Waals surface area contributed by atoms with E-state index in [0.717, 1.165) is 16.9 Å². The average Bonchev–Trinajstić information content (AvgIpc) is 2.78. The molecule has 0 aliphatic rings. The number of benzene rings is 3. The Morgan fingerprint density at radius 2 is 1.59 bits per heavy atom. The zero-order chi connectivity index (χ0) is 20.5. The van der Waals surface area contributed by atoms with Crippen molar-refractivity contribution in [2.75, 3.05) is 7.11 Å². The van der Waals surface area contributed by atoms with Gasteiger partial charge in [-0.1, -0.05) is 42.5 Å². The zero-order valence-electron chi connectivity index (χ0n) is 15.9. The monoisotopic (exact) mass is 404 g/mol. The second kappa shape index (κ2) is 10.2. The van der Waals surface area contributed by atoms with E-state index in [1.54, 1.807) is 48.2 Å². The Balaban J connectivity index is 1.51. The number of hydrogen-bond donors (Lipinski definition) is 1. The number of carbonyl (C=O) groups is 2. The van der Waals surface area contributed by atoms with Crippen molar-refractivity contribution in [1.82, 2.24) is 5.43 Å². The summed E-state index contributed by atoms with van der Waals surface area (Å²) in [6, 6.07) is 24.4. The highest BCUT2D eigenvalue weighted by molar-refractivity contribution is 7.98. The third kappa shape index (κ3) is 6.05. The molecular formula is C23H20N2O3S. The van der Waals surface area contributed by atoms with Gasteiger partial charge in [-0.05, 0) is 47.5 Å². The molecule has 1 N–H and O–H groups in total. The Morgan fingerprint density at radius 1 is 0.931 bits per heavy atom. The molecule has 0 fully saturated rings. The van der Waals surface area contributed by atoms with Gasteiger partial charge in [-0.25, -0.2) is 10.2 Å². The molecule has 0 atom stereocenters. The predicted molar refractivity (Wildman–Crippen MR) is 115 cm³/mol. The first-order chi connectivity index (χ1) is 14.2. The number of ether oxygens (including phenoxy) is 1. The second-order valence-electron chi connectivity index (χ2n) is 6.11. The number of rotatable bonds is 7. The SMILES string of the molecule is COC(=O)c1ccc(/C=N\NC(=O)c2ccc(CSc3ccccc3)cc2)cc1. The number of amides is 1. The van der Waals surface area contributed by atoms with Crippen LogP contribution in [-0.4, -0.2) is 25.2 Å². The van der Waals surface area contributed by atoms with Gasteiger partial charge in [0.05, 0.1) is 18.9 Å². The van der Waals surface area contributed by atoms with Crippen molar-refractivity contribution in [2.45, 2.75) is 10.6 Å². The average molecular weight is 404 g/mol. The molecular weight excluding hydrogens is 384 g/mol. The van der Waals surface area contributed by atoms with Crippen LogP contribution in [0, 0.1) is 0 Å². The molecule has 0 bridgehead atoms. The number of nitrogens with one attached hydrogen (secondary N) is 1. The van der Waals surface area contributed by atoms with Crippen LogP contribution in [0.15, 0.2) is 88.9 Å². The molecule has 3 rings (SSSR count). The third-order valence-electron chi connectivity index (χ3n) is 4.08. The molecule has 0 unspecified atom stereocenters. The molecule has 146 valence electrons. The molecule has 0 aliphatic heterocycles. The molecule has 29 heavy (non-hydrogen) atoms. The van der Waals surface area contributed by atoms with Crippen LogP contribution in [0.3, 0.4) is 0 Å². The van der Waals surface area contributed by atoms with Crippen LogP contribution in [0.1, 0.15) is 31.8 Å². The summed E-state index contributed by atoms with van der Waals surface area (Å²) in [5, 5.41) is 3.97. The molecule has 0 aromatic heterocycles. The maximum absolute atomic E-state index is 12.2. The number of hydrogen-bond acceptors (Lipinski definition) is 5. The first kappa shape index (κ1) is 20.4. The van der Waals surface area contributed by atoms with Gasteiger partial charge in [-0.2, -0.15) is 5.10 Å². The van der Waals surface area contributed by atoms with Crippen molar-refractivity contribution in [3.8, 4) is 0 Å². The Bertz CT molecular complexity index is 985. The minimum atomic E-state index is -0.396. The summed E-state index contributed by atoms with van der Waals surface area (Å²) in [4.78, 5) is 24.8. The van der Waals surface area contributed by atoms with Crippen molar-refractivity contribution in [3.05, 3.63) is 101 Å². The van der Waals surface area contributed by atoms with Crippen molar-refractivity contribution in [2.24, 2.45) is 5.10 Å². The Morgan fingerprint density at radius 3 is 2.24 bits per heavy atom. The summed E-state index contributed by atoms with van der Waals surface area (Å²) in [5.41, 5.74) is 5.40. The summed E-state index contributed by atoms with van der Waals surface area (Å²) in [6.07, 6.45) is 1.52. The molecule has 0 radical (unpaired) electrons. The fraction of sp³-hybridized carbons (Fsp3) is 0.0870. The summed E-state index contributed by atoms with van der Waals surface area (Å²) in [6.45, 7) is 0. The summed E-state index contributed by atoms with van der Waals surface area (Å²) in [7, 11) is 1.34. The fourth-order valence-corrected chi connectivity index (χ4v) is 3.36. The van der Waals surface area contributed by atoms with Gasteiger partial charge in [0.2, 0.25) is 0 Å². The minimum absolute atomic E-state index is 0.283. The van der Waals surface area contributed by atoms with Gasteiger partial charge in [0.1, 0.15) is 0 Å². The molecule has 0 heterocycles. The Hall–Kier alpha value is -3.38. The normalized spacial score (nSPS) is 10.7. The van der Waals surface area contributed by atoms with E-state index >= 15 is 0 Å². The van der Waals surface area contributed by atoms with Gasteiger partial charge < -0.3 is 4.74 Å². The number of methoxy groups -OCH3 is 1. The summed E-state index contributed by atoms with van der Waals surface area (Å²) < 4.78 is 4.65. The fourth-order valence-electron chi connectivity index (χ4n) is 2.49. The maximum atomic E-state index is 12.2. The van der Waals surface area contributed by atoms with Gasteiger partial charge in [-0.3, -0.25) is 4.79 Å². The van der Waals surface area contributed by atoms with E-state index < -0.39 is 5.97 Å². The van der Waals surface area contributed by atoms with Gasteiger partial charge in [-0.15, -0.1) is 11.8 Å². The van der Waals surface area contributed by atoms with Gasteiger partial charge in [0, 0.05) is 16.2 Å². The van der Waals surface area contributed by atoms with Gasteiger partial charge >= 0.3 is 5.97 Å². The van der Waals surface area contributed by atoms with E-state index in [4.69, 9.17) is 0 Å². The maximum Gasteiger partial charge on any atom is 0.337 e. The Labute approximate surface area is 173 Å². The highest BCUT2D eigenvalue weighted by Gasteiger charge is 2.05. The van der Waals surface area contributed by atoms with E-state index in [1.807, 2.05) is 30.3 Å². The molecule has 6 heteroatoms. The van der Waals surface area contributed by atoms with E-state index in [0.29, 0.717) is 11.1 Å². The molecule has 0 saturated carbocycles. The lowest BCUT2D eigenvalue weighted by Gasteiger charge is -2.04. The lowest BCUT2D eigenvalue weighted by molar-refractivity contribution is 0.0600. The number of nitrogens with zero attached hydrogens (tertiary/aromatic N) is 1. The van der Waals surface area contributed by atoms with Crippen LogP contribution in [0.5, 0.6) is 0 Å². The van der Waals surface area contributed by atoms with E-state index in [1.165, 1.54) is 18.2 Å². The van der Waals surface area contributed by atoms with Crippen LogP contribution >= 0.6 is 11.8 Å².